The van der Waals surface area contributed by atoms with E-state index in [1.54, 1.807) is 0 Å². The van der Waals surface area contributed by atoms with Crippen LogP contribution in [0.25, 0.3) is 0 Å². The Kier molecular flexibility index (Phi) is 18.1. The minimum atomic E-state index is -1.81. The fourth-order valence-electron chi connectivity index (χ4n) is 16.0. The summed E-state index contributed by atoms with van der Waals surface area (Å²) in [6.45, 7) is 15.1. The Labute approximate surface area is 439 Å². The zero-order valence-corrected chi connectivity index (χ0v) is 44.7. The molecule has 29 atom stereocenters. The Morgan fingerprint density at radius 2 is 1.16 bits per heavy atom. The second kappa shape index (κ2) is 22.7. The van der Waals surface area contributed by atoms with Gasteiger partial charge in [-0.05, 0) is 124 Å². The van der Waals surface area contributed by atoms with Crippen LogP contribution in [0.1, 0.15) is 113 Å². The zero-order valence-electron chi connectivity index (χ0n) is 44.7. The third-order valence-corrected chi connectivity index (χ3v) is 20.5. The lowest BCUT2D eigenvalue weighted by Gasteiger charge is -2.71. The predicted molar refractivity (Wildman–Crippen MR) is 260 cm³/mol. The van der Waals surface area contributed by atoms with Gasteiger partial charge < -0.3 is 109 Å². The van der Waals surface area contributed by atoms with E-state index in [0.717, 1.165) is 24.8 Å². The van der Waals surface area contributed by atoms with Crippen LogP contribution >= 0.6 is 0 Å². The summed E-state index contributed by atoms with van der Waals surface area (Å²) < 4.78 is 48.8. The van der Waals surface area contributed by atoms with E-state index < -0.39 is 165 Å². The molecule has 4 saturated heterocycles. The van der Waals surface area contributed by atoms with E-state index in [4.69, 9.17) is 37.9 Å². The molecule has 8 fully saturated rings. The number of rotatable bonds is 15. The lowest BCUT2D eigenvalue weighted by Crippen LogP contribution is -2.68. The van der Waals surface area contributed by atoms with Crippen LogP contribution in [0.15, 0.2) is 11.6 Å². The lowest BCUT2D eigenvalue weighted by atomic mass is 9.35. The van der Waals surface area contributed by atoms with E-state index in [-0.39, 0.29) is 41.1 Å². The number of allylic oxidation sites excluding steroid dienone is 2. The molecular weight excluding hydrogens is 989 g/mol. The largest absolute Gasteiger partial charge is 0.394 e. The molecule has 0 radical (unpaired) electrons. The van der Waals surface area contributed by atoms with Crippen LogP contribution in [0, 0.1) is 45.3 Å². The maximum absolute atomic E-state index is 12.8. The molecule has 22 nitrogen and oxygen atoms in total. The highest BCUT2D eigenvalue weighted by Crippen LogP contribution is 2.76. The van der Waals surface area contributed by atoms with Crippen molar-refractivity contribution >= 4 is 0 Å². The van der Waals surface area contributed by atoms with Gasteiger partial charge in [0, 0.05) is 0 Å². The molecule has 0 aromatic heterocycles. The smallest absolute Gasteiger partial charge is 0.187 e. The molecule has 434 valence electrons. The van der Waals surface area contributed by atoms with E-state index in [0.29, 0.717) is 38.5 Å². The summed E-state index contributed by atoms with van der Waals surface area (Å²) in [4.78, 5) is 0. The van der Waals surface area contributed by atoms with Crippen molar-refractivity contribution in [3.63, 3.8) is 0 Å². The van der Waals surface area contributed by atoms with Gasteiger partial charge in [-0.3, -0.25) is 0 Å². The van der Waals surface area contributed by atoms with Crippen molar-refractivity contribution in [1.82, 2.24) is 0 Å². The SMILES string of the molecule is CC(C)=CCC[C@](C)(O[C@@H]1O[C@H](CO[C@H]2OC[C@@H](O)[C@@H](O)[C@@H]2O)[C@@H](O)[C@H](O)[C@H]1O)[C@H]1CC[C@]2(C)[C@H]1[C@H](O)C[C@H]1[C@@]3(C)CC[C@H](O[C@@H]4O[C@H](CO)[C@@H](O)[C@H](O)[C@H]4O[C@@H]4O[C@H](CO)[C@@H](O)[C@H](O)[C@H]4O)C(C)(C)[C@@H]3CC[C@]12C. The maximum atomic E-state index is 12.8. The second-order valence-electron chi connectivity index (χ2n) is 25.3. The van der Waals surface area contributed by atoms with Crippen LogP contribution in [-0.4, -0.2) is 232 Å². The van der Waals surface area contributed by atoms with Crippen molar-refractivity contribution in [3.05, 3.63) is 11.6 Å². The van der Waals surface area contributed by atoms with Crippen molar-refractivity contribution in [2.45, 2.75) is 248 Å². The van der Waals surface area contributed by atoms with Gasteiger partial charge in [0.05, 0.1) is 44.2 Å². The van der Waals surface area contributed by atoms with Gasteiger partial charge in [-0.1, -0.05) is 46.3 Å². The third kappa shape index (κ3) is 10.6. The highest BCUT2D eigenvalue weighted by molar-refractivity contribution is 5.20. The monoisotopic (exact) mass is 1080 g/mol. The Balaban J connectivity index is 1.01. The van der Waals surface area contributed by atoms with Gasteiger partial charge in [0.1, 0.15) is 91.6 Å². The first kappa shape index (κ1) is 60.0. The highest BCUT2D eigenvalue weighted by atomic mass is 16.8. The summed E-state index contributed by atoms with van der Waals surface area (Å²) >= 11 is 0. The van der Waals surface area contributed by atoms with Gasteiger partial charge in [-0.25, -0.2) is 0 Å². The Hall–Kier alpha value is -1.14. The minimum absolute atomic E-state index is 0.0508. The second-order valence-corrected chi connectivity index (χ2v) is 25.3. The lowest BCUT2D eigenvalue weighted by molar-refractivity contribution is -0.378. The average Bonchev–Trinajstić information content (AvgIpc) is 3.75. The molecule has 0 aromatic carbocycles. The van der Waals surface area contributed by atoms with E-state index in [1.807, 2.05) is 20.8 Å². The number of hydrogen-bond acceptors (Lipinski definition) is 22. The summed E-state index contributed by atoms with van der Waals surface area (Å²) in [5, 5.41) is 151. The molecule has 0 amide bonds. The quantitative estimate of drug-likeness (QED) is 0.0651. The van der Waals surface area contributed by atoms with Gasteiger partial charge in [-0.15, -0.1) is 0 Å². The molecular formula is C53H90O22. The molecule has 4 aliphatic carbocycles. The van der Waals surface area contributed by atoms with E-state index in [9.17, 15) is 71.5 Å². The number of aliphatic hydroxyl groups excluding tert-OH is 14. The molecule has 0 bridgehead atoms. The molecule has 0 unspecified atom stereocenters. The molecule has 0 aromatic rings. The molecule has 22 heteroatoms. The van der Waals surface area contributed by atoms with E-state index in [1.165, 1.54) is 0 Å². The Morgan fingerprint density at radius 1 is 0.587 bits per heavy atom. The number of hydrogen-bond donors (Lipinski definition) is 14. The molecule has 14 N–H and O–H groups in total. The van der Waals surface area contributed by atoms with Gasteiger partial charge >= 0.3 is 0 Å². The molecule has 4 heterocycles. The Morgan fingerprint density at radius 3 is 1.80 bits per heavy atom. The Bertz CT molecular complexity index is 1940. The van der Waals surface area contributed by atoms with Gasteiger partial charge in [0.2, 0.25) is 0 Å². The summed E-state index contributed by atoms with van der Waals surface area (Å²) in [6, 6.07) is 0. The van der Waals surface area contributed by atoms with Crippen LogP contribution in [0.2, 0.25) is 0 Å². The summed E-state index contributed by atoms with van der Waals surface area (Å²) in [5.74, 6) is -0.395. The summed E-state index contributed by atoms with van der Waals surface area (Å²) in [7, 11) is 0. The first-order valence-electron chi connectivity index (χ1n) is 27.3. The van der Waals surface area contributed by atoms with Crippen molar-refractivity contribution in [1.29, 1.82) is 0 Å². The maximum Gasteiger partial charge on any atom is 0.187 e. The first-order chi connectivity index (χ1) is 35.1. The van der Waals surface area contributed by atoms with Crippen LogP contribution in [0.4, 0.5) is 0 Å². The first-order valence-corrected chi connectivity index (χ1v) is 27.3. The number of aliphatic hydroxyl groups is 14. The van der Waals surface area contributed by atoms with Gasteiger partial charge in [-0.2, -0.15) is 0 Å². The third-order valence-electron chi connectivity index (χ3n) is 20.5. The van der Waals surface area contributed by atoms with Crippen LogP contribution in [0.5, 0.6) is 0 Å². The van der Waals surface area contributed by atoms with Crippen LogP contribution < -0.4 is 0 Å². The van der Waals surface area contributed by atoms with Crippen LogP contribution in [0.3, 0.4) is 0 Å². The van der Waals surface area contributed by atoms with E-state index >= 15 is 0 Å². The summed E-state index contributed by atoms with van der Waals surface area (Å²) in [6.07, 6.45) is -22.6. The van der Waals surface area contributed by atoms with Crippen molar-refractivity contribution in [3.8, 4) is 0 Å². The number of ether oxygens (including phenoxy) is 8. The van der Waals surface area contributed by atoms with E-state index in [2.05, 4.69) is 40.7 Å². The topological polar surface area (TPSA) is 357 Å². The zero-order chi connectivity index (χ0) is 55.1. The predicted octanol–water partition coefficient (Wildman–Crippen LogP) is -1.56. The van der Waals surface area contributed by atoms with Gasteiger partial charge in [0.15, 0.2) is 25.2 Å². The molecule has 4 aliphatic heterocycles. The summed E-state index contributed by atoms with van der Waals surface area (Å²) in [5.41, 5.74) is -1.48. The average molecular weight is 1080 g/mol. The fraction of sp³-hybridized carbons (Fsp3) is 0.962. The molecule has 0 spiro atoms. The van der Waals surface area contributed by atoms with Crippen molar-refractivity contribution in [2.24, 2.45) is 45.3 Å². The highest BCUT2D eigenvalue weighted by Gasteiger charge is 2.72. The number of fused-ring (bicyclic) bond motifs is 5. The normalized spacial score (nSPS) is 52.7. The van der Waals surface area contributed by atoms with Crippen molar-refractivity contribution < 1.29 is 109 Å². The van der Waals surface area contributed by atoms with Crippen LogP contribution in [-0.2, 0) is 37.9 Å². The standard InChI is InChI=1S/C53H90O22/c1-23(2)10-9-14-53(8,75-47-43(67)39(63)37(61)29(72-47)22-69-45-41(65)34(58)26(57)21-68-45)24-11-16-52(7)33(24)25(56)18-31-50(5)15-13-32(49(3,4)30(50)12-17-51(31,52)6)73-48-44(40(64)36(60)28(20-55)71-48)74-46-42(66)38(62)35(59)27(19-54)70-46/h10,24-48,54-67H,9,11-22H2,1-8H3/t24-,25+,26+,27+,28+,29+,30-,31-,32-,33+,34+,35+,36+,37+,38-,39-,40-,41-,42+,43+,44+,45+,46-,47-,48-,50-,51+,52+,53-/m0/s1. The van der Waals surface area contributed by atoms with Crippen molar-refractivity contribution in [2.75, 3.05) is 26.4 Å². The molecule has 75 heavy (non-hydrogen) atoms. The molecule has 8 rings (SSSR count). The molecule has 8 aliphatic rings. The molecule has 4 saturated carbocycles. The fourth-order valence-corrected chi connectivity index (χ4v) is 16.0. The van der Waals surface area contributed by atoms with Gasteiger partial charge in [0.25, 0.3) is 0 Å². The minimum Gasteiger partial charge on any atom is -0.394 e.